The summed E-state index contributed by atoms with van der Waals surface area (Å²) < 4.78 is 10.0. The first-order valence-electron chi connectivity index (χ1n) is 6.10. The van der Waals surface area contributed by atoms with Crippen LogP contribution in [-0.4, -0.2) is 50.2 Å². The first-order valence-corrected chi connectivity index (χ1v) is 6.10. The number of carbonyl (C=O) groups excluding carboxylic acids is 2. The molecule has 0 N–H and O–H groups in total. The van der Waals surface area contributed by atoms with Crippen LogP contribution < -0.4 is 0 Å². The van der Waals surface area contributed by atoms with Gasteiger partial charge in [-0.05, 0) is 25.7 Å². The molecule has 1 heterocycles. The van der Waals surface area contributed by atoms with Gasteiger partial charge in [0.05, 0.1) is 6.61 Å². The lowest BCUT2D eigenvalue weighted by Gasteiger charge is -2.27. The van der Waals surface area contributed by atoms with Crippen LogP contribution in [0.25, 0.3) is 0 Å². The molecule has 0 atom stereocenters. The maximum absolute atomic E-state index is 11.7. The zero-order valence-corrected chi connectivity index (χ0v) is 10.6. The predicted octanol–water partition coefficient (Wildman–Crippen LogP) is 0.825. The zero-order valence-electron chi connectivity index (χ0n) is 10.6. The molecular weight excluding hydrogens is 222 g/mol. The second-order valence-corrected chi connectivity index (χ2v) is 4.31. The third kappa shape index (κ3) is 5.17. The largest absolute Gasteiger partial charge is 0.466 e. The van der Waals surface area contributed by atoms with E-state index >= 15 is 0 Å². The van der Waals surface area contributed by atoms with E-state index in [-0.39, 0.29) is 12.3 Å². The SMILES string of the molecule is CCOC(=O)CC(=O)N(C)CC1CCOCC1. The monoisotopic (exact) mass is 243 g/mol. The fraction of sp³-hybridized carbons (Fsp3) is 0.833. The predicted molar refractivity (Wildman–Crippen MR) is 62.4 cm³/mol. The van der Waals surface area contributed by atoms with Gasteiger partial charge in [-0.25, -0.2) is 0 Å². The molecule has 5 nitrogen and oxygen atoms in total. The normalized spacial score (nSPS) is 16.6. The number of rotatable bonds is 5. The van der Waals surface area contributed by atoms with Crippen molar-refractivity contribution in [3.05, 3.63) is 0 Å². The minimum absolute atomic E-state index is 0.159. The molecule has 0 bridgehead atoms. The first kappa shape index (κ1) is 14.0. The fourth-order valence-electron chi connectivity index (χ4n) is 1.89. The summed E-state index contributed by atoms with van der Waals surface area (Å²) in [6.45, 7) is 4.28. The molecule has 1 aliphatic heterocycles. The molecule has 1 amide bonds. The fourth-order valence-corrected chi connectivity index (χ4v) is 1.89. The van der Waals surface area contributed by atoms with Gasteiger partial charge in [-0.3, -0.25) is 9.59 Å². The molecule has 0 radical (unpaired) electrons. The molecule has 0 saturated carbocycles. The molecule has 17 heavy (non-hydrogen) atoms. The number of hydrogen-bond acceptors (Lipinski definition) is 4. The molecular formula is C12H21NO4. The Kier molecular flexibility index (Phi) is 5.97. The van der Waals surface area contributed by atoms with Crippen LogP contribution in [0.5, 0.6) is 0 Å². The van der Waals surface area contributed by atoms with Crippen LogP contribution in [0.1, 0.15) is 26.2 Å². The summed E-state index contributed by atoms with van der Waals surface area (Å²) in [6.07, 6.45) is 1.81. The van der Waals surface area contributed by atoms with Gasteiger partial charge in [0.15, 0.2) is 0 Å². The van der Waals surface area contributed by atoms with E-state index in [0.29, 0.717) is 19.1 Å². The van der Waals surface area contributed by atoms with Crippen molar-refractivity contribution in [2.24, 2.45) is 5.92 Å². The van der Waals surface area contributed by atoms with Gasteiger partial charge in [-0.2, -0.15) is 0 Å². The smallest absolute Gasteiger partial charge is 0.315 e. The topological polar surface area (TPSA) is 55.8 Å². The summed E-state index contributed by atoms with van der Waals surface area (Å²) in [4.78, 5) is 24.5. The summed E-state index contributed by atoms with van der Waals surface area (Å²) >= 11 is 0. The Balaban J connectivity index is 2.28. The van der Waals surface area contributed by atoms with E-state index in [1.807, 2.05) is 0 Å². The van der Waals surface area contributed by atoms with Crippen LogP contribution in [0.15, 0.2) is 0 Å². The lowest BCUT2D eigenvalue weighted by Crippen LogP contribution is -2.35. The van der Waals surface area contributed by atoms with Crippen molar-refractivity contribution in [3.63, 3.8) is 0 Å². The molecule has 0 unspecified atom stereocenters. The van der Waals surface area contributed by atoms with Gasteiger partial charge in [-0.15, -0.1) is 0 Å². The number of esters is 1. The van der Waals surface area contributed by atoms with Crippen molar-refractivity contribution >= 4 is 11.9 Å². The van der Waals surface area contributed by atoms with Crippen molar-refractivity contribution in [2.75, 3.05) is 33.4 Å². The summed E-state index contributed by atoms with van der Waals surface area (Å²) in [6, 6.07) is 0. The van der Waals surface area contributed by atoms with E-state index in [1.165, 1.54) is 0 Å². The maximum Gasteiger partial charge on any atom is 0.315 e. The summed E-state index contributed by atoms with van der Waals surface area (Å²) in [5.74, 6) is -0.133. The number of carbonyl (C=O) groups is 2. The van der Waals surface area contributed by atoms with E-state index in [0.717, 1.165) is 26.1 Å². The van der Waals surface area contributed by atoms with Crippen LogP contribution in [0.3, 0.4) is 0 Å². The molecule has 1 rings (SSSR count). The van der Waals surface area contributed by atoms with E-state index in [9.17, 15) is 9.59 Å². The highest BCUT2D eigenvalue weighted by Crippen LogP contribution is 2.15. The lowest BCUT2D eigenvalue weighted by atomic mass is 10.00. The maximum atomic E-state index is 11.7. The molecule has 0 aliphatic carbocycles. The van der Waals surface area contributed by atoms with Gasteiger partial charge < -0.3 is 14.4 Å². The first-order chi connectivity index (χ1) is 8.13. The highest BCUT2D eigenvalue weighted by Gasteiger charge is 2.20. The Morgan fingerprint density at radius 2 is 2.00 bits per heavy atom. The van der Waals surface area contributed by atoms with Crippen molar-refractivity contribution < 1.29 is 19.1 Å². The van der Waals surface area contributed by atoms with E-state index < -0.39 is 5.97 Å². The third-order valence-corrected chi connectivity index (χ3v) is 2.90. The zero-order chi connectivity index (χ0) is 12.7. The van der Waals surface area contributed by atoms with Crippen molar-refractivity contribution in [2.45, 2.75) is 26.2 Å². The van der Waals surface area contributed by atoms with Crippen LogP contribution >= 0.6 is 0 Å². The van der Waals surface area contributed by atoms with Gasteiger partial charge in [0.1, 0.15) is 6.42 Å². The number of amides is 1. The standard InChI is InChI=1S/C12H21NO4/c1-3-17-12(15)8-11(14)13(2)9-10-4-6-16-7-5-10/h10H,3-9H2,1-2H3. The lowest BCUT2D eigenvalue weighted by molar-refractivity contribution is -0.148. The molecule has 98 valence electrons. The van der Waals surface area contributed by atoms with Gasteiger partial charge in [0.25, 0.3) is 0 Å². The number of nitrogens with zero attached hydrogens (tertiary/aromatic N) is 1. The molecule has 5 heteroatoms. The summed E-state index contributed by atoms with van der Waals surface area (Å²) in [5, 5.41) is 0. The average molecular weight is 243 g/mol. The van der Waals surface area contributed by atoms with Gasteiger partial charge >= 0.3 is 5.97 Å². The Morgan fingerprint density at radius 1 is 1.35 bits per heavy atom. The van der Waals surface area contributed by atoms with Gasteiger partial charge in [0.2, 0.25) is 5.91 Å². The molecule has 0 aromatic carbocycles. The minimum atomic E-state index is -0.448. The van der Waals surface area contributed by atoms with Crippen LogP contribution in [0, 0.1) is 5.92 Å². The van der Waals surface area contributed by atoms with Gasteiger partial charge in [-0.1, -0.05) is 0 Å². The second kappa shape index (κ2) is 7.27. The van der Waals surface area contributed by atoms with Crippen molar-refractivity contribution in [1.29, 1.82) is 0 Å². The highest BCUT2D eigenvalue weighted by molar-refractivity contribution is 5.94. The molecule has 0 aromatic rings. The van der Waals surface area contributed by atoms with Crippen LogP contribution in [0.2, 0.25) is 0 Å². The van der Waals surface area contributed by atoms with E-state index in [4.69, 9.17) is 9.47 Å². The average Bonchev–Trinajstić information content (AvgIpc) is 2.30. The Labute approximate surface area is 102 Å². The molecule has 0 spiro atoms. The van der Waals surface area contributed by atoms with Crippen LogP contribution in [0.4, 0.5) is 0 Å². The molecule has 0 aromatic heterocycles. The highest BCUT2D eigenvalue weighted by atomic mass is 16.5. The number of ether oxygens (including phenoxy) is 2. The molecule has 1 fully saturated rings. The Hall–Kier alpha value is -1.10. The van der Waals surface area contributed by atoms with Crippen molar-refractivity contribution in [1.82, 2.24) is 4.90 Å². The van der Waals surface area contributed by atoms with E-state index in [1.54, 1.807) is 18.9 Å². The third-order valence-electron chi connectivity index (χ3n) is 2.90. The number of hydrogen-bond donors (Lipinski definition) is 0. The van der Waals surface area contributed by atoms with Crippen LogP contribution in [-0.2, 0) is 19.1 Å². The van der Waals surface area contributed by atoms with Gasteiger partial charge in [0, 0.05) is 26.8 Å². The summed E-state index contributed by atoms with van der Waals surface area (Å²) in [5.41, 5.74) is 0. The molecule has 1 saturated heterocycles. The second-order valence-electron chi connectivity index (χ2n) is 4.31. The quantitative estimate of drug-likeness (QED) is 0.530. The van der Waals surface area contributed by atoms with Crippen molar-refractivity contribution in [3.8, 4) is 0 Å². The van der Waals surface area contributed by atoms with E-state index in [2.05, 4.69) is 0 Å². The molecule has 1 aliphatic rings. The minimum Gasteiger partial charge on any atom is -0.466 e. The Bertz CT molecular complexity index is 261. The Morgan fingerprint density at radius 3 is 2.59 bits per heavy atom. The summed E-state index contributed by atoms with van der Waals surface area (Å²) in [7, 11) is 1.73.